The third kappa shape index (κ3) is 8.34. The Labute approximate surface area is 178 Å². The summed E-state index contributed by atoms with van der Waals surface area (Å²) in [7, 11) is 0. The number of carbonyl (C=O) groups is 2. The molecule has 3 atom stereocenters. The van der Waals surface area contributed by atoms with Gasteiger partial charge in [0.25, 0.3) is 5.91 Å². The summed E-state index contributed by atoms with van der Waals surface area (Å²) in [6.07, 6.45) is 4.39. The van der Waals surface area contributed by atoms with Crippen LogP contribution in [0.3, 0.4) is 0 Å². The Hall–Kier alpha value is -1.60. The van der Waals surface area contributed by atoms with Gasteiger partial charge in [-0.15, -0.1) is 11.6 Å². The quantitative estimate of drug-likeness (QED) is 0.384. The highest BCUT2D eigenvalue weighted by Crippen LogP contribution is 2.23. The second kappa shape index (κ2) is 12.9. The molecule has 3 unspecified atom stereocenters. The molecule has 166 valence electrons. The fraction of sp³-hybridized carbons (Fsp3) is 0.714. The molecule has 8 heteroatoms. The van der Waals surface area contributed by atoms with Gasteiger partial charge in [-0.1, -0.05) is 13.0 Å². The van der Waals surface area contributed by atoms with Crippen molar-refractivity contribution in [2.45, 2.75) is 77.4 Å². The molecule has 0 aromatic heterocycles. The minimum atomic E-state index is -0.482. The van der Waals surface area contributed by atoms with Gasteiger partial charge in [0.1, 0.15) is 5.83 Å². The number of hydrogen-bond donors (Lipinski definition) is 2. The first-order chi connectivity index (χ1) is 13.7. The Kier molecular flexibility index (Phi) is 11.3. The minimum absolute atomic E-state index is 0.0430. The molecule has 0 aromatic rings. The fourth-order valence-electron chi connectivity index (χ4n) is 3.38. The van der Waals surface area contributed by atoms with Crippen molar-refractivity contribution in [3.8, 4) is 0 Å². The summed E-state index contributed by atoms with van der Waals surface area (Å²) in [5.41, 5.74) is 0.0445. The van der Waals surface area contributed by atoms with E-state index in [1.807, 2.05) is 20.8 Å². The first kappa shape index (κ1) is 25.4. The molecule has 0 heterocycles. The van der Waals surface area contributed by atoms with Crippen LogP contribution in [0.2, 0.25) is 0 Å². The third-order valence-electron chi connectivity index (χ3n) is 4.81. The second-order valence-corrected chi connectivity index (χ2v) is 8.07. The van der Waals surface area contributed by atoms with E-state index < -0.39 is 17.1 Å². The Morgan fingerprint density at radius 3 is 2.55 bits per heavy atom. The zero-order valence-electron chi connectivity index (χ0n) is 18.1. The van der Waals surface area contributed by atoms with Crippen molar-refractivity contribution >= 4 is 23.6 Å². The van der Waals surface area contributed by atoms with E-state index >= 15 is 0 Å². The molecule has 2 amide bonds. The van der Waals surface area contributed by atoms with Crippen molar-refractivity contribution in [1.82, 2.24) is 15.5 Å². The molecule has 6 nitrogen and oxygen atoms in total. The van der Waals surface area contributed by atoms with Crippen molar-refractivity contribution in [1.29, 1.82) is 0 Å². The third-order valence-corrected chi connectivity index (χ3v) is 5.11. The SMILES string of the molecule is CCOC(=O)N(C(C)C)C(CC)CC(C)NCCNC(=O)C1=C(F)CC(Cl)C=C1. The molecule has 0 spiro atoms. The largest absolute Gasteiger partial charge is 0.450 e. The molecule has 29 heavy (non-hydrogen) atoms. The molecular formula is C21H35ClFN3O3. The van der Waals surface area contributed by atoms with Crippen molar-refractivity contribution in [2.24, 2.45) is 0 Å². The number of amides is 2. The van der Waals surface area contributed by atoms with E-state index in [1.54, 1.807) is 17.9 Å². The van der Waals surface area contributed by atoms with Crippen molar-refractivity contribution in [3.05, 3.63) is 23.6 Å². The summed E-state index contributed by atoms with van der Waals surface area (Å²) < 4.78 is 19.1. The average Bonchev–Trinajstić information content (AvgIpc) is 2.64. The lowest BCUT2D eigenvalue weighted by molar-refractivity contribution is -0.117. The Morgan fingerprint density at radius 2 is 2.00 bits per heavy atom. The van der Waals surface area contributed by atoms with Crippen LogP contribution in [0, 0.1) is 0 Å². The number of carbonyl (C=O) groups excluding carboxylic acids is 2. The van der Waals surface area contributed by atoms with Crippen molar-refractivity contribution in [2.75, 3.05) is 19.7 Å². The normalized spacial score (nSPS) is 18.6. The van der Waals surface area contributed by atoms with Gasteiger partial charge in [-0.05, 0) is 46.6 Å². The summed E-state index contributed by atoms with van der Waals surface area (Å²) in [6, 6.07) is 0.237. The Morgan fingerprint density at radius 1 is 1.31 bits per heavy atom. The van der Waals surface area contributed by atoms with Gasteiger partial charge in [0, 0.05) is 37.6 Å². The highest BCUT2D eigenvalue weighted by atomic mass is 35.5. The summed E-state index contributed by atoms with van der Waals surface area (Å²) in [4.78, 5) is 26.2. The van der Waals surface area contributed by atoms with E-state index in [1.165, 1.54) is 6.08 Å². The number of nitrogens with one attached hydrogen (secondary N) is 2. The molecule has 0 saturated carbocycles. The maximum atomic E-state index is 13.9. The monoisotopic (exact) mass is 431 g/mol. The number of rotatable bonds is 11. The molecule has 0 radical (unpaired) electrons. The molecule has 0 fully saturated rings. The zero-order valence-corrected chi connectivity index (χ0v) is 18.9. The van der Waals surface area contributed by atoms with Gasteiger partial charge < -0.3 is 20.3 Å². The van der Waals surface area contributed by atoms with E-state index in [4.69, 9.17) is 16.3 Å². The van der Waals surface area contributed by atoms with Crippen molar-refractivity contribution in [3.63, 3.8) is 0 Å². The van der Waals surface area contributed by atoms with Crippen LogP contribution in [0.25, 0.3) is 0 Å². The Bertz CT molecular complexity index is 610. The van der Waals surface area contributed by atoms with Crippen LogP contribution in [0.1, 0.15) is 53.9 Å². The highest BCUT2D eigenvalue weighted by molar-refractivity contribution is 6.22. The standard InChI is InChI=1S/C21H35ClFN3O3/c1-6-17(26(14(3)4)21(28)29-7-2)12-15(5)24-10-11-25-20(27)18-9-8-16(22)13-19(18)23/h8-9,14-17,24H,6-7,10-13H2,1-5H3,(H,25,27). The molecule has 0 aliphatic heterocycles. The van der Waals surface area contributed by atoms with Crippen molar-refractivity contribution < 1.29 is 18.7 Å². The van der Waals surface area contributed by atoms with Crippen LogP contribution in [-0.2, 0) is 9.53 Å². The van der Waals surface area contributed by atoms with Gasteiger partial charge in [0.05, 0.1) is 17.6 Å². The molecular weight excluding hydrogens is 397 g/mol. The molecule has 0 aromatic carbocycles. The Balaban J connectivity index is 2.46. The predicted octanol–water partition coefficient (Wildman–Crippen LogP) is 3.91. The number of ether oxygens (including phenoxy) is 1. The van der Waals surface area contributed by atoms with E-state index in [-0.39, 0.29) is 36.2 Å². The maximum absolute atomic E-state index is 13.9. The van der Waals surface area contributed by atoms with Gasteiger partial charge in [0.2, 0.25) is 0 Å². The molecule has 2 N–H and O–H groups in total. The van der Waals surface area contributed by atoms with Crippen LogP contribution in [-0.4, -0.2) is 60.1 Å². The summed E-state index contributed by atoms with van der Waals surface area (Å²) in [5.74, 6) is -0.915. The summed E-state index contributed by atoms with van der Waals surface area (Å²) in [6.45, 7) is 11.1. The van der Waals surface area contributed by atoms with Gasteiger partial charge in [-0.3, -0.25) is 4.79 Å². The number of hydrogen-bond acceptors (Lipinski definition) is 4. The lowest BCUT2D eigenvalue weighted by atomic mass is 10.0. The minimum Gasteiger partial charge on any atom is -0.450 e. The fourth-order valence-corrected chi connectivity index (χ4v) is 3.59. The van der Waals surface area contributed by atoms with Crippen LogP contribution in [0.4, 0.5) is 9.18 Å². The smallest absolute Gasteiger partial charge is 0.410 e. The number of allylic oxidation sites excluding steroid dienone is 2. The van der Waals surface area contributed by atoms with Crippen LogP contribution in [0.5, 0.6) is 0 Å². The molecule has 0 saturated heterocycles. The van der Waals surface area contributed by atoms with Crippen LogP contribution in [0.15, 0.2) is 23.6 Å². The first-order valence-electron chi connectivity index (χ1n) is 10.4. The molecule has 1 aliphatic carbocycles. The summed E-state index contributed by atoms with van der Waals surface area (Å²) >= 11 is 5.84. The lowest BCUT2D eigenvalue weighted by Crippen LogP contribution is -2.48. The second-order valence-electron chi connectivity index (χ2n) is 7.51. The molecule has 1 rings (SSSR count). The van der Waals surface area contributed by atoms with Gasteiger partial charge in [-0.2, -0.15) is 0 Å². The van der Waals surface area contributed by atoms with Crippen LogP contribution >= 0.6 is 11.6 Å². The predicted molar refractivity (Wildman–Crippen MR) is 115 cm³/mol. The molecule has 0 bridgehead atoms. The molecule has 1 aliphatic rings. The lowest BCUT2D eigenvalue weighted by Gasteiger charge is -2.35. The van der Waals surface area contributed by atoms with Gasteiger partial charge in [-0.25, -0.2) is 9.18 Å². The van der Waals surface area contributed by atoms with Crippen LogP contribution < -0.4 is 10.6 Å². The zero-order chi connectivity index (χ0) is 22.0. The highest BCUT2D eigenvalue weighted by Gasteiger charge is 2.27. The van der Waals surface area contributed by atoms with Gasteiger partial charge in [0.15, 0.2) is 0 Å². The van der Waals surface area contributed by atoms with Gasteiger partial charge >= 0.3 is 6.09 Å². The maximum Gasteiger partial charge on any atom is 0.410 e. The van der Waals surface area contributed by atoms with E-state index in [2.05, 4.69) is 17.6 Å². The average molecular weight is 432 g/mol. The number of alkyl halides is 1. The number of nitrogens with zero attached hydrogens (tertiary/aromatic N) is 1. The van der Waals surface area contributed by atoms with E-state index in [0.29, 0.717) is 19.7 Å². The first-order valence-corrected chi connectivity index (χ1v) is 10.8. The number of halogens is 2. The van der Waals surface area contributed by atoms with E-state index in [0.717, 1.165) is 12.8 Å². The van der Waals surface area contributed by atoms with E-state index in [9.17, 15) is 14.0 Å². The topological polar surface area (TPSA) is 70.7 Å². The summed E-state index contributed by atoms with van der Waals surface area (Å²) in [5, 5.41) is 5.66.